The standard InChI is InChI=1S/7C3H8.5CH4/c7*1-3-2;;;;;/h7*3H2,1-2H3;5*1H4. The largest absolute Gasteiger partial charge is 0.0776 e. The third kappa shape index (κ3) is 0. The zero-order valence-corrected chi connectivity index (χ0v) is 18.9. The zero-order valence-electron chi connectivity index (χ0n) is 18.9. The third-order valence-electron chi connectivity index (χ3n) is 0. The van der Waals surface area contributed by atoms with Gasteiger partial charge in [0.05, 0.1) is 0 Å². The molecule has 0 N–H and O–H groups in total. The summed E-state index contributed by atoms with van der Waals surface area (Å²) in [4.78, 5) is 0. The first-order chi connectivity index (χ1) is 9.90. The van der Waals surface area contributed by atoms with E-state index in [1.54, 1.807) is 0 Å². The Labute approximate surface area is 179 Å². The highest BCUT2D eigenvalue weighted by Gasteiger charge is 1.37. The van der Waals surface area contributed by atoms with Gasteiger partial charge in [-0.3, -0.25) is 0 Å². The van der Waals surface area contributed by atoms with Crippen molar-refractivity contribution >= 4 is 0 Å². The average Bonchev–Trinajstić information content (AvgIpc) is 2.35. The molecule has 0 aliphatic carbocycles. The van der Waals surface area contributed by atoms with E-state index in [0.29, 0.717) is 0 Å². The lowest BCUT2D eigenvalue weighted by Crippen LogP contribution is -1.27. The molecule has 0 aromatic carbocycles. The number of hydrogen-bond acceptors (Lipinski definition) is 0. The second kappa shape index (κ2) is 294. The van der Waals surface area contributed by atoms with E-state index in [4.69, 9.17) is 0 Å². The molecule has 0 spiro atoms. The van der Waals surface area contributed by atoms with E-state index in [0.717, 1.165) is 0 Å². The predicted molar refractivity (Wildman–Crippen MR) is 145 cm³/mol. The van der Waals surface area contributed by atoms with Gasteiger partial charge < -0.3 is 0 Å². The molecule has 0 saturated heterocycles. The van der Waals surface area contributed by atoms with Gasteiger partial charge in [0, 0.05) is 0 Å². The van der Waals surface area contributed by atoms with E-state index in [1.165, 1.54) is 44.9 Å². The van der Waals surface area contributed by atoms with Crippen LogP contribution in [0.1, 0.15) is 179 Å². The Kier molecular flexibility index (Phi) is 937. The van der Waals surface area contributed by atoms with E-state index < -0.39 is 0 Å². The molecule has 0 rings (SSSR count). The second-order valence-corrected chi connectivity index (χ2v) is 4.95. The van der Waals surface area contributed by atoms with Crippen LogP contribution < -0.4 is 0 Å². The minimum atomic E-state index is 0. The molecule has 0 nitrogen and oxygen atoms in total. The summed E-state index contributed by atoms with van der Waals surface area (Å²) in [7, 11) is 0. The van der Waals surface area contributed by atoms with Gasteiger partial charge in [-0.1, -0.05) is 179 Å². The maximum Gasteiger partial charge on any atom is -0.0590 e. The highest BCUT2D eigenvalue weighted by atomic mass is 13.4. The summed E-state index contributed by atoms with van der Waals surface area (Å²) in [6.07, 6.45) is 8.75. The molecular weight excluding hydrogens is 312 g/mol. The summed E-state index contributed by atoms with van der Waals surface area (Å²) in [6, 6.07) is 0. The van der Waals surface area contributed by atoms with Gasteiger partial charge in [0.15, 0.2) is 0 Å². The van der Waals surface area contributed by atoms with Crippen molar-refractivity contribution in [3.8, 4) is 0 Å². The fourth-order valence-corrected chi connectivity index (χ4v) is 0. The van der Waals surface area contributed by atoms with Gasteiger partial charge in [-0.05, 0) is 0 Å². The van der Waals surface area contributed by atoms with Gasteiger partial charge in [0.2, 0.25) is 0 Å². The first-order valence-electron chi connectivity index (χ1n) is 9.90. The van der Waals surface area contributed by atoms with Crippen molar-refractivity contribution < 1.29 is 0 Å². The van der Waals surface area contributed by atoms with Crippen LogP contribution in [0.25, 0.3) is 0 Å². The van der Waals surface area contributed by atoms with Crippen LogP contribution in [0.4, 0.5) is 0 Å². The summed E-state index contributed by atoms with van der Waals surface area (Å²) >= 11 is 0. The molecule has 0 heterocycles. The minimum Gasteiger partial charge on any atom is -0.0776 e. The van der Waals surface area contributed by atoms with Gasteiger partial charge in [-0.2, -0.15) is 0 Å². The normalized spacial score (nSPS) is 4.85. The quantitative estimate of drug-likeness (QED) is 0.387. The minimum absolute atomic E-state index is 0. The molecule has 0 heteroatoms. The topological polar surface area (TPSA) is 0 Å². The van der Waals surface area contributed by atoms with E-state index >= 15 is 0 Å². The van der Waals surface area contributed by atoms with Crippen molar-refractivity contribution in [3.63, 3.8) is 0 Å². The molecule has 0 aromatic heterocycles. The maximum atomic E-state index is 2.12. The lowest BCUT2D eigenvalue weighted by molar-refractivity contribution is 1.09. The van der Waals surface area contributed by atoms with Crippen LogP contribution in [-0.2, 0) is 0 Å². The molecule has 26 heavy (non-hydrogen) atoms. The molecule has 0 radical (unpaired) electrons. The molecule has 0 atom stereocenters. The van der Waals surface area contributed by atoms with Crippen LogP contribution in [0.15, 0.2) is 0 Å². The van der Waals surface area contributed by atoms with Crippen molar-refractivity contribution in [2.24, 2.45) is 0 Å². The summed E-state index contributed by atoms with van der Waals surface area (Å²) in [5.74, 6) is 0. The summed E-state index contributed by atoms with van der Waals surface area (Å²) in [5, 5.41) is 0. The predicted octanol–water partition coefficient (Wildman–Crippen LogP) is 13.1. The SMILES string of the molecule is C.C.C.C.C.CCC.CCC.CCC.CCC.CCC.CCC.CCC. The third-order valence-corrected chi connectivity index (χ3v) is 0. The smallest absolute Gasteiger partial charge is 0.0590 e. The van der Waals surface area contributed by atoms with Crippen LogP contribution >= 0.6 is 0 Å². The zero-order chi connectivity index (χ0) is 18.9. The number of hydrogen-bond donors (Lipinski definition) is 0. The molecule has 0 aromatic rings. The van der Waals surface area contributed by atoms with Gasteiger partial charge in [-0.15, -0.1) is 0 Å². The first-order valence-corrected chi connectivity index (χ1v) is 9.90. The molecule has 0 saturated carbocycles. The lowest BCUT2D eigenvalue weighted by Gasteiger charge is -1.48. The van der Waals surface area contributed by atoms with Crippen molar-refractivity contribution in [1.82, 2.24) is 0 Å². The lowest BCUT2D eigenvalue weighted by atomic mass is 10.6. The highest BCUT2D eigenvalue weighted by molar-refractivity contribution is 3.94. The van der Waals surface area contributed by atoms with Crippen LogP contribution in [-0.4, -0.2) is 0 Å². The molecule has 0 aliphatic heterocycles. The van der Waals surface area contributed by atoms with Crippen LogP contribution in [0.5, 0.6) is 0 Å². The Balaban J connectivity index is -0.00000000852. The molecule has 0 unspecified atom stereocenters. The number of rotatable bonds is 0. The molecule has 0 bridgehead atoms. The molecule has 0 aliphatic rings. The van der Waals surface area contributed by atoms with Gasteiger partial charge in [-0.25, -0.2) is 0 Å². The van der Waals surface area contributed by atoms with Gasteiger partial charge >= 0.3 is 0 Å². The Bertz CT molecular complexity index is 19.7. The first kappa shape index (κ1) is 82.9. The van der Waals surface area contributed by atoms with E-state index in [2.05, 4.69) is 96.9 Å². The van der Waals surface area contributed by atoms with Gasteiger partial charge in [0.1, 0.15) is 0 Å². The van der Waals surface area contributed by atoms with E-state index in [-0.39, 0.29) is 37.1 Å². The van der Waals surface area contributed by atoms with Crippen molar-refractivity contribution in [1.29, 1.82) is 0 Å². The molecular formula is C26H76. The summed E-state index contributed by atoms with van der Waals surface area (Å²) in [5.41, 5.74) is 0. The Morgan fingerprint density at radius 2 is 0.192 bits per heavy atom. The van der Waals surface area contributed by atoms with Crippen LogP contribution in [0.3, 0.4) is 0 Å². The fraction of sp³-hybridized carbons (Fsp3) is 1.00. The van der Waals surface area contributed by atoms with E-state index in [9.17, 15) is 0 Å². The fourth-order valence-electron chi connectivity index (χ4n) is 0. The second-order valence-electron chi connectivity index (χ2n) is 4.95. The van der Waals surface area contributed by atoms with Crippen molar-refractivity contribution in [3.05, 3.63) is 0 Å². The molecule has 0 fully saturated rings. The molecule has 0 amide bonds. The monoisotopic (exact) mass is 389 g/mol. The summed E-state index contributed by atoms with van der Waals surface area (Å²) in [6.45, 7) is 29.8. The highest BCUT2D eigenvalue weighted by Crippen LogP contribution is 1.58. The Morgan fingerprint density at radius 1 is 0.192 bits per heavy atom. The van der Waals surface area contributed by atoms with Crippen molar-refractivity contribution in [2.45, 2.75) is 179 Å². The van der Waals surface area contributed by atoms with Crippen LogP contribution in [0, 0.1) is 0 Å². The average molecular weight is 389 g/mol. The Hall–Kier alpha value is 0. The summed E-state index contributed by atoms with van der Waals surface area (Å²) < 4.78 is 0. The van der Waals surface area contributed by atoms with Gasteiger partial charge in [0.25, 0.3) is 0 Å². The molecule has 180 valence electrons. The van der Waals surface area contributed by atoms with Crippen molar-refractivity contribution in [2.75, 3.05) is 0 Å². The maximum absolute atomic E-state index is 2.12. The van der Waals surface area contributed by atoms with Crippen LogP contribution in [0.2, 0.25) is 0 Å². The van der Waals surface area contributed by atoms with E-state index in [1.807, 2.05) is 0 Å². The Morgan fingerprint density at radius 3 is 0.192 bits per heavy atom.